The molecule has 0 aliphatic rings. The average molecular weight is 264 g/mol. The summed E-state index contributed by atoms with van der Waals surface area (Å²) >= 11 is 1.63. The molecule has 1 heterocycles. The van der Waals surface area contributed by atoms with E-state index in [4.69, 9.17) is 4.74 Å². The Morgan fingerprint density at radius 1 is 1.39 bits per heavy atom. The van der Waals surface area contributed by atoms with Crippen LogP contribution < -0.4 is 10.1 Å². The van der Waals surface area contributed by atoms with E-state index in [1.807, 2.05) is 24.4 Å². The molecule has 0 atom stereocenters. The van der Waals surface area contributed by atoms with Gasteiger partial charge in [-0.1, -0.05) is 6.07 Å². The lowest BCUT2D eigenvalue weighted by Gasteiger charge is -2.08. The van der Waals surface area contributed by atoms with Gasteiger partial charge in [-0.2, -0.15) is 0 Å². The fourth-order valence-electron chi connectivity index (χ4n) is 1.59. The summed E-state index contributed by atoms with van der Waals surface area (Å²) in [5, 5.41) is 15.9. The van der Waals surface area contributed by atoms with Gasteiger partial charge in [0.15, 0.2) is 11.5 Å². The van der Waals surface area contributed by atoms with Crippen LogP contribution in [-0.2, 0) is 13.1 Å². The molecule has 4 nitrogen and oxygen atoms in total. The molecule has 0 radical (unpaired) electrons. The summed E-state index contributed by atoms with van der Waals surface area (Å²) in [4.78, 5) is 4.20. The van der Waals surface area contributed by atoms with E-state index >= 15 is 0 Å². The quantitative estimate of drug-likeness (QED) is 0.842. The zero-order valence-electron chi connectivity index (χ0n) is 10.2. The van der Waals surface area contributed by atoms with Crippen LogP contribution in [0, 0.1) is 0 Å². The van der Waals surface area contributed by atoms with Crippen molar-refractivity contribution in [3.63, 3.8) is 0 Å². The number of thiazole rings is 1. The predicted molar refractivity (Wildman–Crippen MR) is 71.9 cm³/mol. The molecule has 0 saturated heterocycles. The lowest BCUT2D eigenvalue weighted by atomic mass is 10.2. The first-order valence-corrected chi connectivity index (χ1v) is 6.71. The van der Waals surface area contributed by atoms with E-state index in [0.29, 0.717) is 12.4 Å². The maximum atomic E-state index is 9.59. The molecule has 0 amide bonds. The molecule has 0 fully saturated rings. The third kappa shape index (κ3) is 3.45. The summed E-state index contributed by atoms with van der Waals surface area (Å²) in [6.45, 7) is 3.92. The van der Waals surface area contributed by atoms with Crippen LogP contribution in [0.3, 0.4) is 0 Å². The fourth-order valence-corrected chi connectivity index (χ4v) is 2.18. The highest BCUT2D eigenvalue weighted by atomic mass is 32.1. The van der Waals surface area contributed by atoms with Crippen LogP contribution >= 0.6 is 11.3 Å². The van der Waals surface area contributed by atoms with Crippen molar-refractivity contribution in [2.24, 2.45) is 0 Å². The molecule has 1 aromatic carbocycles. The summed E-state index contributed by atoms with van der Waals surface area (Å²) in [7, 11) is 0. The Labute approximate surface area is 110 Å². The molecule has 5 heteroatoms. The van der Waals surface area contributed by atoms with E-state index in [2.05, 4.69) is 10.3 Å². The van der Waals surface area contributed by atoms with Crippen molar-refractivity contribution < 1.29 is 9.84 Å². The highest BCUT2D eigenvalue weighted by molar-refractivity contribution is 7.09. The number of hydrogen-bond acceptors (Lipinski definition) is 5. The van der Waals surface area contributed by atoms with Gasteiger partial charge in [0.05, 0.1) is 6.61 Å². The minimum absolute atomic E-state index is 0.181. The van der Waals surface area contributed by atoms with E-state index in [9.17, 15) is 5.11 Å². The van der Waals surface area contributed by atoms with E-state index in [1.165, 1.54) is 0 Å². The highest BCUT2D eigenvalue weighted by Crippen LogP contribution is 2.26. The highest BCUT2D eigenvalue weighted by Gasteiger charge is 2.03. The molecular weight excluding hydrogens is 248 g/mol. The fraction of sp³-hybridized carbons (Fsp3) is 0.308. The molecule has 0 bridgehead atoms. The standard InChI is InChI=1S/C13H16N2O2S/c1-2-17-12-7-10(3-4-11(12)16)8-14-9-13-15-5-6-18-13/h3-7,14,16H,2,8-9H2,1H3. The number of nitrogens with one attached hydrogen (secondary N) is 1. The van der Waals surface area contributed by atoms with Crippen molar-refractivity contribution in [2.45, 2.75) is 20.0 Å². The molecule has 18 heavy (non-hydrogen) atoms. The third-order valence-electron chi connectivity index (χ3n) is 2.41. The molecule has 96 valence electrons. The van der Waals surface area contributed by atoms with Gasteiger partial charge in [0.2, 0.25) is 0 Å². The van der Waals surface area contributed by atoms with Crippen molar-refractivity contribution in [2.75, 3.05) is 6.61 Å². The van der Waals surface area contributed by atoms with E-state index in [-0.39, 0.29) is 5.75 Å². The Bertz CT molecular complexity index is 486. The molecule has 2 aromatic rings. The van der Waals surface area contributed by atoms with E-state index in [0.717, 1.165) is 23.7 Å². The van der Waals surface area contributed by atoms with Crippen LogP contribution in [-0.4, -0.2) is 16.7 Å². The first-order valence-electron chi connectivity index (χ1n) is 5.83. The maximum Gasteiger partial charge on any atom is 0.161 e. The first-order chi connectivity index (χ1) is 8.79. The third-order valence-corrected chi connectivity index (χ3v) is 3.19. The van der Waals surface area contributed by atoms with Crippen LogP contribution in [0.4, 0.5) is 0 Å². The van der Waals surface area contributed by atoms with Gasteiger partial charge in [-0.25, -0.2) is 4.98 Å². The Morgan fingerprint density at radius 3 is 3.00 bits per heavy atom. The van der Waals surface area contributed by atoms with Gasteiger partial charge < -0.3 is 15.2 Å². The van der Waals surface area contributed by atoms with Gasteiger partial charge in [0.25, 0.3) is 0 Å². The minimum Gasteiger partial charge on any atom is -0.504 e. The summed E-state index contributed by atoms with van der Waals surface area (Å²) in [5.74, 6) is 0.714. The summed E-state index contributed by atoms with van der Waals surface area (Å²) < 4.78 is 5.34. The van der Waals surface area contributed by atoms with Gasteiger partial charge in [-0.05, 0) is 24.6 Å². The van der Waals surface area contributed by atoms with Crippen LogP contribution in [0.5, 0.6) is 11.5 Å². The number of phenolic OH excluding ortho intramolecular Hbond substituents is 1. The van der Waals surface area contributed by atoms with Crippen LogP contribution in [0.2, 0.25) is 0 Å². The number of aromatic nitrogens is 1. The van der Waals surface area contributed by atoms with Crippen molar-refractivity contribution in [3.05, 3.63) is 40.3 Å². The van der Waals surface area contributed by atoms with Crippen molar-refractivity contribution in [3.8, 4) is 11.5 Å². The molecule has 2 rings (SSSR count). The van der Waals surface area contributed by atoms with Crippen LogP contribution in [0.1, 0.15) is 17.5 Å². The number of rotatable bonds is 6. The molecule has 0 aliphatic heterocycles. The largest absolute Gasteiger partial charge is 0.504 e. The number of ether oxygens (including phenoxy) is 1. The zero-order chi connectivity index (χ0) is 12.8. The molecule has 2 N–H and O–H groups in total. The van der Waals surface area contributed by atoms with Gasteiger partial charge in [0, 0.05) is 24.7 Å². The molecule has 1 aromatic heterocycles. The summed E-state index contributed by atoms with van der Waals surface area (Å²) in [5.41, 5.74) is 1.08. The Morgan fingerprint density at radius 2 is 2.28 bits per heavy atom. The van der Waals surface area contributed by atoms with Gasteiger partial charge in [-0.15, -0.1) is 11.3 Å². The maximum absolute atomic E-state index is 9.59. The lowest BCUT2D eigenvalue weighted by Crippen LogP contribution is -2.12. The normalized spacial score (nSPS) is 10.5. The van der Waals surface area contributed by atoms with E-state index in [1.54, 1.807) is 23.6 Å². The smallest absolute Gasteiger partial charge is 0.161 e. The van der Waals surface area contributed by atoms with Gasteiger partial charge >= 0.3 is 0 Å². The number of phenols is 1. The Kier molecular flexibility index (Phi) is 4.55. The Hall–Kier alpha value is -1.59. The SMILES string of the molecule is CCOc1cc(CNCc2nccs2)ccc1O. The van der Waals surface area contributed by atoms with E-state index < -0.39 is 0 Å². The molecule has 0 aliphatic carbocycles. The molecule has 0 spiro atoms. The topological polar surface area (TPSA) is 54.4 Å². The van der Waals surface area contributed by atoms with Crippen molar-refractivity contribution in [1.82, 2.24) is 10.3 Å². The summed E-state index contributed by atoms with van der Waals surface area (Å²) in [6, 6.07) is 5.39. The second-order valence-electron chi connectivity index (χ2n) is 3.76. The van der Waals surface area contributed by atoms with Crippen molar-refractivity contribution in [1.29, 1.82) is 0 Å². The van der Waals surface area contributed by atoms with Crippen molar-refractivity contribution >= 4 is 11.3 Å². The molecule has 0 saturated carbocycles. The number of aromatic hydroxyl groups is 1. The zero-order valence-corrected chi connectivity index (χ0v) is 11.0. The molecular formula is C13H16N2O2S. The average Bonchev–Trinajstić information content (AvgIpc) is 2.87. The molecule has 0 unspecified atom stereocenters. The monoisotopic (exact) mass is 264 g/mol. The van der Waals surface area contributed by atoms with Crippen LogP contribution in [0.25, 0.3) is 0 Å². The number of nitrogens with zero attached hydrogens (tertiary/aromatic N) is 1. The van der Waals surface area contributed by atoms with Gasteiger partial charge in [-0.3, -0.25) is 0 Å². The lowest BCUT2D eigenvalue weighted by molar-refractivity contribution is 0.317. The Balaban J connectivity index is 1.90. The predicted octanol–water partition coefficient (Wildman–Crippen LogP) is 2.54. The second-order valence-corrected chi connectivity index (χ2v) is 4.74. The van der Waals surface area contributed by atoms with Gasteiger partial charge in [0.1, 0.15) is 5.01 Å². The summed E-state index contributed by atoms with van der Waals surface area (Å²) in [6.07, 6.45) is 1.80. The number of hydrogen-bond donors (Lipinski definition) is 2. The minimum atomic E-state index is 0.181. The first kappa shape index (κ1) is 12.9. The number of benzene rings is 1. The second kappa shape index (κ2) is 6.37. The van der Waals surface area contributed by atoms with Crippen LogP contribution in [0.15, 0.2) is 29.8 Å².